The summed E-state index contributed by atoms with van der Waals surface area (Å²) < 4.78 is 0. The molecule has 0 unspecified atom stereocenters. The predicted molar refractivity (Wildman–Crippen MR) is 35.9 cm³/mol. The molecule has 1 aromatic rings. The summed E-state index contributed by atoms with van der Waals surface area (Å²) in [7, 11) is 0. The van der Waals surface area contributed by atoms with E-state index in [0.29, 0.717) is 0 Å². The first-order valence-corrected chi connectivity index (χ1v) is 2.67. The molecule has 1 nitrogen and oxygen atoms in total. The molecular formula is C6H6ClN. The predicted octanol–water partition coefficient (Wildman–Crippen LogP) is 2.31. The fraction of sp³-hybridized carbons (Fsp3) is 0. The molecular weight excluding hydrogens is 122 g/mol. The lowest BCUT2D eigenvalue weighted by Crippen LogP contribution is -1.65. The number of H-pyrrole nitrogens is 1. The molecule has 0 saturated carbocycles. The largest absolute Gasteiger partial charge is 0.360 e. The molecule has 0 aromatic carbocycles. The molecule has 1 heterocycles. The zero-order chi connectivity index (χ0) is 5.98. The molecule has 0 aliphatic carbocycles. The minimum absolute atomic E-state index is 0.722. The van der Waals surface area contributed by atoms with Gasteiger partial charge in [0.2, 0.25) is 0 Å². The highest BCUT2D eigenvalue weighted by atomic mass is 35.5. The van der Waals surface area contributed by atoms with Gasteiger partial charge in [-0.3, -0.25) is 0 Å². The van der Waals surface area contributed by atoms with Gasteiger partial charge in [-0.15, -0.1) is 0 Å². The Labute approximate surface area is 53.0 Å². The van der Waals surface area contributed by atoms with Crippen molar-refractivity contribution in [3.63, 3.8) is 0 Å². The average molecular weight is 128 g/mol. The molecule has 0 aliphatic rings. The molecule has 0 radical (unpaired) electrons. The van der Waals surface area contributed by atoms with Crippen LogP contribution < -0.4 is 0 Å². The summed E-state index contributed by atoms with van der Waals surface area (Å²) in [6, 6.07) is 1.79. The molecule has 8 heavy (non-hydrogen) atoms. The third kappa shape index (κ3) is 0.771. The second-order valence-corrected chi connectivity index (χ2v) is 1.85. The molecule has 2 heteroatoms. The minimum atomic E-state index is 0.722. The molecule has 42 valence electrons. The summed E-state index contributed by atoms with van der Waals surface area (Å²) in [6.45, 7) is 3.55. The highest BCUT2D eigenvalue weighted by Crippen LogP contribution is 2.13. The number of aromatic nitrogens is 1. The van der Waals surface area contributed by atoms with Crippen LogP contribution in [-0.4, -0.2) is 4.98 Å². The van der Waals surface area contributed by atoms with Gasteiger partial charge in [0, 0.05) is 6.20 Å². The maximum Gasteiger partial charge on any atom is 0.0655 e. The highest BCUT2D eigenvalue weighted by molar-refractivity contribution is 6.31. The van der Waals surface area contributed by atoms with Crippen LogP contribution in [0.3, 0.4) is 0 Å². The maximum absolute atomic E-state index is 5.64. The summed E-state index contributed by atoms with van der Waals surface area (Å²) in [5.41, 5.74) is 0.881. The van der Waals surface area contributed by atoms with Crippen molar-refractivity contribution in [2.24, 2.45) is 0 Å². The average Bonchev–Trinajstić information content (AvgIpc) is 2.14. The van der Waals surface area contributed by atoms with Gasteiger partial charge < -0.3 is 4.98 Å². The standard InChI is InChI=1S/C6H6ClN/c1-2-6-5(7)3-4-8-6/h2-4,8H,1H2. The van der Waals surface area contributed by atoms with Crippen molar-refractivity contribution >= 4 is 17.7 Å². The van der Waals surface area contributed by atoms with Crippen molar-refractivity contribution in [3.8, 4) is 0 Å². The van der Waals surface area contributed by atoms with Gasteiger partial charge in [0.05, 0.1) is 10.7 Å². The van der Waals surface area contributed by atoms with Crippen molar-refractivity contribution in [2.75, 3.05) is 0 Å². The van der Waals surface area contributed by atoms with E-state index >= 15 is 0 Å². The Morgan fingerprint density at radius 1 is 1.75 bits per heavy atom. The van der Waals surface area contributed by atoms with Gasteiger partial charge in [0.15, 0.2) is 0 Å². The lowest BCUT2D eigenvalue weighted by atomic mass is 10.4. The van der Waals surface area contributed by atoms with Gasteiger partial charge in [0.25, 0.3) is 0 Å². The highest BCUT2D eigenvalue weighted by Gasteiger charge is 1.91. The van der Waals surface area contributed by atoms with E-state index in [2.05, 4.69) is 11.6 Å². The second-order valence-electron chi connectivity index (χ2n) is 1.44. The maximum atomic E-state index is 5.64. The topological polar surface area (TPSA) is 15.8 Å². The number of halogens is 1. The van der Waals surface area contributed by atoms with E-state index in [4.69, 9.17) is 11.6 Å². The van der Waals surface area contributed by atoms with Gasteiger partial charge >= 0.3 is 0 Å². The molecule has 0 spiro atoms. The van der Waals surface area contributed by atoms with Crippen molar-refractivity contribution < 1.29 is 0 Å². The van der Waals surface area contributed by atoms with Crippen LogP contribution in [-0.2, 0) is 0 Å². The Bertz CT molecular complexity index is 190. The Balaban J connectivity index is 3.09. The van der Waals surface area contributed by atoms with Crippen molar-refractivity contribution in [2.45, 2.75) is 0 Å². The molecule has 0 bridgehead atoms. The summed E-state index contributed by atoms with van der Waals surface area (Å²) >= 11 is 5.64. The number of nitrogens with one attached hydrogen (secondary N) is 1. The first kappa shape index (κ1) is 5.45. The first-order chi connectivity index (χ1) is 3.84. The van der Waals surface area contributed by atoms with Gasteiger partial charge in [-0.05, 0) is 12.1 Å². The number of hydrogen-bond acceptors (Lipinski definition) is 0. The van der Waals surface area contributed by atoms with E-state index in [-0.39, 0.29) is 0 Å². The van der Waals surface area contributed by atoms with Crippen molar-refractivity contribution in [3.05, 3.63) is 29.6 Å². The van der Waals surface area contributed by atoms with Crippen molar-refractivity contribution in [1.82, 2.24) is 4.98 Å². The van der Waals surface area contributed by atoms with Gasteiger partial charge in [-0.25, -0.2) is 0 Å². The lowest BCUT2D eigenvalue weighted by molar-refractivity contribution is 1.38. The fourth-order valence-corrected chi connectivity index (χ4v) is 0.714. The zero-order valence-electron chi connectivity index (χ0n) is 4.32. The summed E-state index contributed by atoms with van der Waals surface area (Å²) in [5.74, 6) is 0. The van der Waals surface area contributed by atoms with Crippen LogP contribution in [0, 0.1) is 0 Å². The smallest absolute Gasteiger partial charge is 0.0655 e. The fourth-order valence-electron chi connectivity index (χ4n) is 0.520. The molecule has 1 N–H and O–H groups in total. The quantitative estimate of drug-likeness (QED) is 0.596. The van der Waals surface area contributed by atoms with E-state index in [1.807, 2.05) is 0 Å². The number of rotatable bonds is 1. The lowest BCUT2D eigenvalue weighted by Gasteiger charge is -1.81. The Morgan fingerprint density at radius 2 is 2.50 bits per heavy atom. The van der Waals surface area contributed by atoms with Crippen LogP contribution in [0.5, 0.6) is 0 Å². The molecule has 0 amide bonds. The second kappa shape index (κ2) is 2.05. The van der Waals surface area contributed by atoms with Crippen LogP contribution in [0.2, 0.25) is 5.02 Å². The summed E-state index contributed by atoms with van der Waals surface area (Å²) in [4.78, 5) is 2.91. The molecule has 1 aromatic heterocycles. The van der Waals surface area contributed by atoms with Crippen LogP contribution in [0.15, 0.2) is 18.8 Å². The SMILES string of the molecule is C=Cc1[nH]ccc1Cl. The molecule has 0 atom stereocenters. The zero-order valence-corrected chi connectivity index (χ0v) is 5.07. The van der Waals surface area contributed by atoms with E-state index in [0.717, 1.165) is 10.7 Å². The Morgan fingerprint density at radius 3 is 2.75 bits per heavy atom. The molecule has 0 aliphatic heterocycles. The minimum Gasteiger partial charge on any atom is -0.360 e. The third-order valence-electron chi connectivity index (χ3n) is 0.930. The number of hydrogen-bond donors (Lipinski definition) is 1. The molecule has 0 fully saturated rings. The third-order valence-corrected chi connectivity index (χ3v) is 1.26. The van der Waals surface area contributed by atoms with Crippen LogP contribution >= 0.6 is 11.6 Å². The first-order valence-electron chi connectivity index (χ1n) is 2.30. The van der Waals surface area contributed by atoms with Crippen LogP contribution in [0.4, 0.5) is 0 Å². The number of aromatic amines is 1. The summed E-state index contributed by atoms with van der Waals surface area (Å²) in [6.07, 6.45) is 3.46. The summed E-state index contributed by atoms with van der Waals surface area (Å²) in [5, 5.41) is 0.722. The van der Waals surface area contributed by atoms with Crippen LogP contribution in [0.25, 0.3) is 6.08 Å². The Hall–Kier alpha value is -0.690. The van der Waals surface area contributed by atoms with E-state index in [1.54, 1.807) is 18.3 Å². The molecule has 0 saturated heterocycles. The molecule has 1 rings (SSSR count). The van der Waals surface area contributed by atoms with Gasteiger partial charge in [-0.1, -0.05) is 18.2 Å². The Kier molecular flexibility index (Phi) is 1.40. The van der Waals surface area contributed by atoms with E-state index in [1.165, 1.54) is 0 Å². The van der Waals surface area contributed by atoms with Crippen molar-refractivity contribution in [1.29, 1.82) is 0 Å². The van der Waals surface area contributed by atoms with Gasteiger partial charge in [0.1, 0.15) is 0 Å². The van der Waals surface area contributed by atoms with E-state index < -0.39 is 0 Å². The van der Waals surface area contributed by atoms with Crippen LogP contribution in [0.1, 0.15) is 5.69 Å². The normalized spacial score (nSPS) is 9.12. The van der Waals surface area contributed by atoms with E-state index in [9.17, 15) is 0 Å². The van der Waals surface area contributed by atoms with Gasteiger partial charge in [-0.2, -0.15) is 0 Å². The monoisotopic (exact) mass is 127 g/mol.